The van der Waals surface area contributed by atoms with Crippen LogP contribution in [0.15, 0.2) is 197 Å². The molecule has 6 rings (SSSR count). The maximum atomic E-state index is 5.34. The molecule has 0 radical (unpaired) electrons. The van der Waals surface area contributed by atoms with Gasteiger partial charge >= 0.3 is 7.12 Å². The molecule has 0 aliphatic carbocycles. The first kappa shape index (κ1) is 27.6. The van der Waals surface area contributed by atoms with Crippen LogP contribution in [0.25, 0.3) is 0 Å². The van der Waals surface area contributed by atoms with E-state index in [-0.39, 0.29) is 0 Å². The molecule has 0 spiro atoms. The van der Waals surface area contributed by atoms with Crippen molar-refractivity contribution in [3.05, 3.63) is 215 Å². The number of benzene rings is 6. The normalized spacial score (nSPS) is 10.3. The van der Waals surface area contributed by atoms with Crippen LogP contribution >= 0.6 is 0 Å². The Bertz CT molecular complexity index is 1470. The summed E-state index contributed by atoms with van der Waals surface area (Å²) in [4.78, 5) is 16.0. The first-order chi connectivity index (χ1) is 21.3. The molecule has 0 amide bonds. The molecule has 0 fully saturated rings. The standard InChI is InChI=1S/C39H30BN3/c1-7-19-31(20-8-1)37(32-21-9-2-10-22-32)41-40(42-38(33-23-11-3-12-24-33)34-25-13-4-14-26-34)43-39(35-27-15-5-16-28-35)36-29-17-6-18-30-36/h1-30H. The number of hydrogen-bond donors (Lipinski definition) is 0. The van der Waals surface area contributed by atoms with Crippen LogP contribution in [-0.2, 0) is 0 Å². The van der Waals surface area contributed by atoms with Crippen LogP contribution in [0, 0.1) is 0 Å². The average molecular weight is 552 g/mol. The molecule has 0 heterocycles. The second-order valence-electron chi connectivity index (χ2n) is 9.98. The van der Waals surface area contributed by atoms with Crippen molar-refractivity contribution in [3.8, 4) is 0 Å². The van der Waals surface area contributed by atoms with Gasteiger partial charge in [-0.2, -0.15) is 0 Å². The van der Waals surface area contributed by atoms with Gasteiger partial charge in [0.15, 0.2) is 0 Å². The topological polar surface area (TPSA) is 37.1 Å². The highest BCUT2D eigenvalue weighted by Crippen LogP contribution is 2.18. The fraction of sp³-hybridized carbons (Fsp3) is 0. The molecular formula is C39H30BN3. The van der Waals surface area contributed by atoms with Crippen LogP contribution in [0.4, 0.5) is 0 Å². The zero-order chi connectivity index (χ0) is 29.1. The number of nitrogens with zero attached hydrogens (tertiary/aromatic N) is 3. The summed E-state index contributed by atoms with van der Waals surface area (Å²) >= 11 is 0. The Hall–Kier alpha value is -5.61. The molecule has 0 bridgehead atoms. The molecule has 0 aliphatic heterocycles. The highest BCUT2D eigenvalue weighted by molar-refractivity contribution is 6.60. The second kappa shape index (κ2) is 13.8. The summed E-state index contributed by atoms with van der Waals surface area (Å²) in [6.45, 7) is 0. The van der Waals surface area contributed by atoms with Gasteiger partial charge in [-0.25, -0.2) is 0 Å². The highest BCUT2D eigenvalue weighted by atomic mass is 15.0. The third-order valence-corrected chi connectivity index (χ3v) is 7.02. The summed E-state index contributed by atoms with van der Waals surface area (Å²) in [6.07, 6.45) is 0. The van der Waals surface area contributed by atoms with Crippen LogP contribution < -0.4 is 0 Å². The van der Waals surface area contributed by atoms with Crippen LogP contribution in [0.3, 0.4) is 0 Å². The molecule has 0 N–H and O–H groups in total. The van der Waals surface area contributed by atoms with Crippen molar-refractivity contribution in [2.45, 2.75) is 0 Å². The molecule has 0 atom stereocenters. The minimum Gasteiger partial charge on any atom is -0.289 e. The first-order valence-electron chi connectivity index (χ1n) is 14.4. The van der Waals surface area contributed by atoms with E-state index in [1.165, 1.54) is 0 Å². The first-order valence-corrected chi connectivity index (χ1v) is 14.4. The molecule has 3 nitrogen and oxygen atoms in total. The third-order valence-electron chi connectivity index (χ3n) is 7.02. The smallest absolute Gasteiger partial charge is 0.289 e. The Morgan fingerprint density at radius 1 is 0.256 bits per heavy atom. The molecule has 6 aromatic carbocycles. The summed E-state index contributed by atoms with van der Waals surface area (Å²) < 4.78 is 0. The third kappa shape index (κ3) is 7.01. The van der Waals surface area contributed by atoms with Gasteiger partial charge in [-0.3, -0.25) is 14.7 Å². The lowest BCUT2D eigenvalue weighted by Gasteiger charge is -2.14. The lowest BCUT2D eigenvalue weighted by molar-refractivity contribution is 1.44. The van der Waals surface area contributed by atoms with Crippen LogP contribution in [0.1, 0.15) is 33.4 Å². The summed E-state index contributed by atoms with van der Waals surface area (Å²) in [6, 6.07) is 61.6. The zero-order valence-electron chi connectivity index (χ0n) is 23.7. The summed E-state index contributed by atoms with van der Waals surface area (Å²) in [5.74, 6) is 0. The van der Waals surface area contributed by atoms with Gasteiger partial charge in [0.2, 0.25) is 0 Å². The van der Waals surface area contributed by atoms with Crippen LogP contribution in [0.5, 0.6) is 0 Å². The van der Waals surface area contributed by atoms with Gasteiger partial charge in [-0.15, -0.1) is 0 Å². The predicted molar refractivity (Wildman–Crippen MR) is 181 cm³/mol. The van der Waals surface area contributed by atoms with Crippen molar-refractivity contribution >= 4 is 24.3 Å². The average Bonchev–Trinajstić information content (AvgIpc) is 3.10. The Morgan fingerprint density at radius 3 is 0.581 bits per heavy atom. The molecule has 204 valence electrons. The molecular weight excluding hydrogens is 521 g/mol. The molecule has 0 aromatic heterocycles. The fourth-order valence-corrected chi connectivity index (χ4v) is 4.96. The molecule has 43 heavy (non-hydrogen) atoms. The largest absolute Gasteiger partial charge is 0.562 e. The fourth-order valence-electron chi connectivity index (χ4n) is 4.96. The van der Waals surface area contributed by atoms with Crippen molar-refractivity contribution < 1.29 is 0 Å². The van der Waals surface area contributed by atoms with E-state index in [0.717, 1.165) is 50.5 Å². The SMILES string of the molecule is c1ccc(C(=NB(N=C(c2ccccc2)c2ccccc2)N=C(c2ccccc2)c2ccccc2)c2ccccc2)cc1. The van der Waals surface area contributed by atoms with E-state index in [9.17, 15) is 0 Å². The summed E-state index contributed by atoms with van der Waals surface area (Å²) in [5, 5.41) is 0. The Labute approximate surface area is 253 Å². The van der Waals surface area contributed by atoms with E-state index in [2.05, 4.69) is 72.8 Å². The molecule has 4 heteroatoms. The lowest BCUT2D eigenvalue weighted by Crippen LogP contribution is -2.19. The predicted octanol–water partition coefficient (Wildman–Crippen LogP) is 8.58. The molecule has 0 unspecified atom stereocenters. The molecule has 6 aromatic rings. The van der Waals surface area contributed by atoms with Crippen molar-refractivity contribution in [3.63, 3.8) is 0 Å². The number of rotatable bonds is 9. The van der Waals surface area contributed by atoms with Gasteiger partial charge in [-0.1, -0.05) is 182 Å². The van der Waals surface area contributed by atoms with E-state index in [0.29, 0.717) is 0 Å². The van der Waals surface area contributed by atoms with E-state index in [1.807, 2.05) is 109 Å². The minimum absolute atomic E-state index is 0.777. The summed E-state index contributed by atoms with van der Waals surface area (Å²) in [7, 11) is -0.777. The number of hydrogen-bond acceptors (Lipinski definition) is 3. The van der Waals surface area contributed by atoms with Crippen LogP contribution in [0.2, 0.25) is 0 Å². The lowest BCUT2D eigenvalue weighted by atomic mass is 9.90. The Kier molecular flexibility index (Phi) is 8.87. The van der Waals surface area contributed by atoms with Crippen molar-refractivity contribution in [2.75, 3.05) is 0 Å². The zero-order valence-corrected chi connectivity index (χ0v) is 23.7. The van der Waals surface area contributed by atoms with Gasteiger partial charge in [0.25, 0.3) is 0 Å². The van der Waals surface area contributed by atoms with Gasteiger partial charge in [0.1, 0.15) is 0 Å². The van der Waals surface area contributed by atoms with Gasteiger partial charge in [-0.05, 0) is 33.4 Å². The van der Waals surface area contributed by atoms with Gasteiger partial charge in [0.05, 0.1) is 17.1 Å². The Balaban J connectivity index is 1.63. The van der Waals surface area contributed by atoms with Crippen molar-refractivity contribution in [2.24, 2.45) is 14.7 Å². The van der Waals surface area contributed by atoms with E-state index < -0.39 is 7.12 Å². The Morgan fingerprint density at radius 2 is 0.419 bits per heavy atom. The van der Waals surface area contributed by atoms with Crippen LogP contribution in [-0.4, -0.2) is 24.3 Å². The van der Waals surface area contributed by atoms with Gasteiger partial charge < -0.3 is 0 Å². The maximum Gasteiger partial charge on any atom is 0.562 e. The quantitative estimate of drug-likeness (QED) is 0.128. The van der Waals surface area contributed by atoms with E-state index in [1.54, 1.807) is 0 Å². The van der Waals surface area contributed by atoms with Crippen molar-refractivity contribution in [1.82, 2.24) is 0 Å². The molecule has 0 aliphatic rings. The maximum absolute atomic E-state index is 5.34. The van der Waals surface area contributed by atoms with Crippen molar-refractivity contribution in [1.29, 1.82) is 0 Å². The minimum atomic E-state index is -0.777. The highest BCUT2D eigenvalue weighted by Gasteiger charge is 2.21. The van der Waals surface area contributed by atoms with E-state index >= 15 is 0 Å². The monoisotopic (exact) mass is 551 g/mol. The second-order valence-corrected chi connectivity index (χ2v) is 9.98. The molecule has 0 saturated carbocycles. The van der Waals surface area contributed by atoms with E-state index in [4.69, 9.17) is 14.7 Å². The molecule has 0 saturated heterocycles. The summed E-state index contributed by atoms with van der Waals surface area (Å²) in [5.41, 5.74) is 8.53. The van der Waals surface area contributed by atoms with Gasteiger partial charge in [0, 0.05) is 0 Å².